The van der Waals surface area contributed by atoms with Crippen LogP contribution < -0.4 is 5.32 Å². The lowest BCUT2D eigenvalue weighted by Gasteiger charge is -2.15. The van der Waals surface area contributed by atoms with Crippen molar-refractivity contribution >= 4 is 17.5 Å². The van der Waals surface area contributed by atoms with E-state index in [-0.39, 0.29) is 17.9 Å². The maximum absolute atomic E-state index is 11.2. The van der Waals surface area contributed by atoms with E-state index in [4.69, 9.17) is 11.6 Å². The van der Waals surface area contributed by atoms with Crippen molar-refractivity contribution in [2.45, 2.75) is 25.3 Å². The van der Waals surface area contributed by atoms with E-state index < -0.39 is 0 Å². The topological polar surface area (TPSA) is 29.1 Å². The van der Waals surface area contributed by atoms with E-state index in [1.165, 1.54) is 0 Å². The molecule has 0 saturated carbocycles. The van der Waals surface area contributed by atoms with Crippen LogP contribution in [-0.2, 0) is 4.79 Å². The highest BCUT2D eigenvalue weighted by molar-refractivity contribution is 6.31. The van der Waals surface area contributed by atoms with Crippen molar-refractivity contribution in [1.29, 1.82) is 0 Å². The predicted octanol–water partition coefficient (Wildman–Crippen LogP) is 2.33. The summed E-state index contributed by atoms with van der Waals surface area (Å²) in [6.07, 6.45) is 0.547. The number of benzene rings is 1. The van der Waals surface area contributed by atoms with Crippen molar-refractivity contribution in [2.75, 3.05) is 0 Å². The molecule has 2 rings (SSSR count). The van der Waals surface area contributed by atoms with Crippen molar-refractivity contribution in [3.8, 4) is 0 Å². The molecule has 1 aromatic rings. The second kappa shape index (κ2) is 3.62. The van der Waals surface area contributed by atoms with Crippen LogP contribution in [0.15, 0.2) is 24.3 Å². The molecule has 0 spiro atoms. The Balaban J connectivity index is 2.32. The fourth-order valence-corrected chi connectivity index (χ4v) is 2.22. The first-order chi connectivity index (χ1) is 6.68. The van der Waals surface area contributed by atoms with Crippen LogP contribution in [0, 0.1) is 0 Å². The average Bonchev–Trinajstić information content (AvgIpc) is 2.46. The smallest absolute Gasteiger partial charge is 0.220 e. The molecule has 0 bridgehead atoms. The van der Waals surface area contributed by atoms with Gasteiger partial charge in [0.2, 0.25) is 5.91 Å². The van der Waals surface area contributed by atoms with Crippen LogP contribution in [0.1, 0.15) is 24.8 Å². The lowest BCUT2D eigenvalue weighted by molar-refractivity contribution is -0.119. The molecule has 0 radical (unpaired) electrons. The molecule has 14 heavy (non-hydrogen) atoms. The van der Waals surface area contributed by atoms with E-state index in [1.807, 2.05) is 31.2 Å². The first-order valence-electron chi connectivity index (χ1n) is 4.72. The van der Waals surface area contributed by atoms with Crippen LogP contribution in [0.4, 0.5) is 0 Å². The Kier molecular flexibility index (Phi) is 2.46. The molecule has 1 fully saturated rings. The fourth-order valence-electron chi connectivity index (χ4n) is 1.95. The number of carbonyl (C=O) groups excluding carboxylic acids is 1. The van der Waals surface area contributed by atoms with E-state index in [1.54, 1.807) is 0 Å². The third kappa shape index (κ3) is 1.62. The Labute approximate surface area is 88.3 Å². The van der Waals surface area contributed by atoms with Gasteiger partial charge in [-0.05, 0) is 18.6 Å². The molecule has 1 aliphatic rings. The van der Waals surface area contributed by atoms with E-state index in [2.05, 4.69) is 5.32 Å². The zero-order chi connectivity index (χ0) is 10.1. The van der Waals surface area contributed by atoms with Crippen LogP contribution in [0.5, 0.6) is 0 Å². The van der Waals surface area contributed by atoms with Gasteiger partial charge in [-0.2, -0.15) is 0 Å². The second-order valence-electron chi connectivity index (χ2n) is 3.69. The zero-order valence-corrected chi connectivity index (χ0v) is 8.71. The molecule has 1 aliphatic heterocycles. The highest BCUT2D eigenvalue weighted by Crippen LogP contribution is 2.32. The first-order valence-corrected chi connectivity index (χ1v) is 5.10. The summed E-state index contributed by atoms with van der Waals surface area (Å²) in [5.41, 5.74) is 1.07. The largest absolute Gasteiger partial charge is 0.353 e. The number of hydrogen-bond donors (Lipinski definition) is 1. The third-order valence-corrected chi connectivity index (χ3v) is 3.05. The monoisotopic (exact) mass is 209 g/mol. The molecule has 2 atom stereocenters. The van der Waals surface area contributed by atoms with Gasteiger partial charge in [-0.25, -0.2) is 0 Å². The van der Waals surface area contributed by atoms with Crippen LogP contribution >= 0.6 is 11.6 Å². The summed E-state index contributed by atoms with van der Waals surface area (Å²) < 4.78 is 0. The molecule has 2 unspecified atom stereocenters. The molecule has 1 heterocycles. The Morgan fingerprint density at radius 1 is 1.43 bits per heavy atom. The van der Waals surface area contributed by atoms with Crippen LogP contribution in [0.2, 0.25) is 5.02 Å². The minimum Gasteiger partial charge on any atom is -0.353 e. The van der Waals surface area contributed by atoms with E-state index >= 15 is 0 Å². The molecule has 74 valence electrons. The molecule has 2 nitrogen and oxygen atoms in total. The predicted molar refractivity (Wildman–Crippen MR) is 56.4 cm³/mol. The number of carbonyl (C=O) groups is 1. The minimum absolute atomic E-state index is 0.113. The van der Waals surface area contributed by atoms with Crippen LogP contribution in [0.3, 0.4) is 0 Å². The van der Waals surface area contributed by atoms with Gasteiger partial charge in [0.15, 0.2) is 0 Å². The molecule has 1 amide bonds. The standard InChI is InChI=1S/C11H12ClNO/c1-7-9(6-11(14)13-7)8-4-2-3-5-10(8)12/h2-5,7,9H,6H2,1H3,(H,13,14). The molecule has 3 heteroatoms. The Hall–Kier alpha value is -1.02. The van der Waals surface area contributed by atoms with E-state index in [0.29, 0.717) is 6.42 Å². The Morgan fingerprint density at radius 2 is 2.14 bits per heavy atom. The number of amides is 1. The Morgan fingerprint density at radius 3 is 2.71 bits per heavy atom. The van der Waals surface area contributed by atoms with Crippen LogP contribution in [0.25, 0.3) is 0 Å². The number of nitrogens with one attached hydrogen (secondary N) is 1. The molecule has 0 aromatic heterocycles. The van der Waals surface area contributed by atoms with Gasteiger partial charge in [-0.3, -0.25) is 4.79 Å². The van der Waals surface area contributed by atoms with Gasteiger partial charge in [0.05, 0.1) is 0 Å². The average molecular weight is 210 g/mol. The highest BCUT2D eigenvalue weighted by Gasteiger charge is 2.31. The SMILES string of the molecule is CC1NC(=O)CC1c1ccccc1Cl. The molecular formula is C11H12ClNO. The van der Waals surface area contributed by atoms with Gasteiger partial charge in [0.25, 0.3) is 0 Å². The number of halogens is 1. The van der Waals surface area contributed by atoms with Gasteiger partial charge in [0, 0.05) is 23.4 Å². The quantitative estimate of drug-likeness (QED) is 0.756. The molecule has 1 aromatic carbocycles. The van der Waals surface area contributed by atoms with Gasteiger partial charge >= 0.3 is 0 Å². The highest BCUT2D eigenvalue weighted by atomic mass is 35.5. The van der Waals surface area contributed by atoms with E-state index in [0.717, 1.165) is 10.6 Å². The fraction of sp³-hybridized carbons (Fsp3) is 0.364. The molecular weight excluding hydrogens is 198 g/mol. The zero-order valence-electron chi connectivity index (χ0n) is 7.96. The lowest BCUT2D eigenvalue weighted by Crippen LogP contribution is -2.24. The Bertz CT molecular complexity index is 364. The lowest BCUT2D eigenvalue weighted by atomic mass is 9.93. The number of hydrogen-bond acceptors (Lipinski definition) is 1. The summed E-state index contributed by atoms with van der Waals surface area (Å²) in [5, 5.41) is 3.65. The molecule has 0 aliphatic carbocycles. The molecule has 1 N–H and O–H groups in total. The summed E-state index contributed by atoms with van der Waals surface area (Å²) in [4.78, 5) is 11.2. The van der Waals surface area contributed by atoms with Crippen molar-refractivity contribution < 1.29 is 4.79 Å². The van der Waals surface area contributed by atoms with Crippen LogP contribution in [-0.4, -0.2) is 11.9 Å². The number of rotatable bonds is 1. The van der Waals surface area contributed by atoms with E-state index in [9.17, 15) is 4.79 Å². The third-order valence-electron chi connectivity index (χ3n) is 2.70. The summed E-state index contributed by atoms with van der Waals surface area (Å²) in [7, 11) is 0. The van der Waals surface area contributed by atoms with Crippen molar-refractivity contribution in [1.82, 2.24) is 5.32 Å². The van der Waals surface area contributed by atoms with Gasteiger partial charge in [-0.15, -0.1) is 0 Å². The normalized spacial score (nSPS) is 26.3. The summed E-state index contributed by atoms with van der Waals surface area (Å²) >= 11 is 6.08. The van der Waals surface area contributed by atoms with Gasteiger partial charge < -0.3 is 5.32 Å². The maximum Gasteiger partial charge on any atom is 0.220 e. The van der Waals surface area contributed by atoms with Gasteiger partial charge in [0.1, 0.15) is 0 Å². The minimum atomic E-state index is 0.113. The van der Waals surface area contributed by atoms with Crippen molar-refractivity contribution in [2.24, 2.45) is 0 Å². The molecule has 1 saturated heterocycles. The van der Waals surface area contributed by atoms with Gasteiger partial charge in [-0.1, -0.05) is 29.8 Å². The maximum atomic E-state index is 11.2. The summed E-state index contributed by atoms with van der Waals surface area (Å²) in [6, 6.07) is 7.90. The summed E-state index contributed by atoms with van der Waals surface area (Å²) in [6.45, 7) is 2.01. The second-order valence-corrected chi connectivity index (χ2v) is 4.10. The first kappa shape index (κ1) is 9.53. The van der Waals surface area contributed by atoms with Crippen molar-refractivity contribution in [3.05, 3.63) is 34.9 Å². The summed E-state index contributed by atoms with van der Waals surface area (Å²) in [5.74, 6) is 0.332. The van der Waals surface area contributed by atoms with Crippen molar-refractivity contribution in [3.63, 3.8) is 0 Å².